The molecule has 1 heterocycles. The van der Waals surface area contributed by atoms with E-state index in [1.165, 1.54) is 6.07 Å². The van der Waals surface area contributed by atoms with Gasteiger partial charge in [0.25, 0.3) is 11.1 Å². The van der Waals surface area contributed by atoms with Crippen LogP contribution in [-0.4, -0.2) is 29.3 Å². The third kappa shape index (κ3) is 4.92. The predicted molar refractivity (Wildman–Crippen MR) is 119 cm³/mol. The Morgan fingerprint density at radius 1 is 1.14 bits per heavy atom. The van der Waals surface area contributed by atoms with Crippen molar-refractivity contribution < 1.29 is 23.5 Å². The SMILES string of the molecule is CCOc1cc(/C=C2\SC(=O)N(Cc3ccccc3F)C2=O)cc(I)c1OCC. The molecule has 1 saturated heterocycles. The zero-order valence-electron chi connectivity index (χ0n) is 15.9. The van der Waals surface area contributed by atoms with E-state index in [9.17, 15) is 14.0 Å². The Morgan fingerprint density at radius 2 is 1.86 bits per heavy atom. The molecule has 2 amide bonds. The van der Waals surface area contributed by atoms with Crippen LogP contribution in [0.5, 0.6) is 11.5 Å². The van der Waals surface area contributed by atoms with Gasteiger partial charge in [-0.25, -0.2) is 4.39 Å². The molecule has 0 N–H and O–H groups in total. The lowest BCUT2D eigenvalue weighted by Crippen LogP contribution is -2.27. The zero-order chi connectivity index (χ0) is 21.0. The lowest BCUT2D eigenvalue weighted by molar-refractivity contribution is -0.123. The fourth-order valence-electron chi connectivity index (χ4n) is 2.80. The van der Waals surface area contributed by atoms with Crippen LogP contribution in [-0.2, 0) is 11.3 Å². The van der Waals surface area contributed by atoms with Gasteiger partial charge in [-0.2, -0.15) is 0 Å². The molecule has 0 spiro atoms. The van der Waals surface area contributed by atoms with E-state index in [0.717, 1.165) is 25.8 Å². The van der Waals surface area contributed by atoms with E-state index in [4.69, 9.17) is 9.47 Å². The number of thioether (sulfide) groups is 1. The molecule has 0 bridgehead atoms. The van der Waals surface area contributed by atoms with Crippen LogP contribution in [0.4, 0.5) is 9.18 Å². The number of carbonyl (C=O) groups is 2. The molecule has 0 radical (unpaired) electrons. The Bertz CT molecular complexity index is 979. The summed E-state index contributed by atoms with van der Waals surface area (Å²) in [5.74, 6) is 0.348. The minimum Gasteiger partial charge on any atom is -0.490 e. The largest absolute Gasteiger partial charge is 0.490 e. The van der Waals surface area contributed by atoms with Crippen molar-refractivity contribution in [3.05, 3.63) is 61.8 Å². The average molecular weight is 527 g/mol. The van der Waals surface area contributed by atoms with Gasteiger partial charge in [-0.15, -0.1) is 0 Å². The van der Waals surface area contributed by atoms with Crippen LogP contribution in [0, 0.1) is 9.39 Å². The molecule has 0 unspecified atom stereocenters. The Labute approximate surface area is 186 Å². The topological polar surface area (TPSA) is 55.8 Å². The van der Waals surface area contributed by atoms with Crippen molar-refractivity contribution in [1.82, 2.24) is 4.90 Å². The Balaban J connectivity index is 1.88. The van der Waals surface area contributed by atoms with Gasteiger partial charge in [0.1, 0.15) is 5.82 Å². The third-order valence-corrected chi connectivity index (χ3v) is 5.79. The molecule has 8 heteroatoms. The summed E-state index contributed by atoms with van der Waals surface area (Å²) in [5.41, 5.74) is 1.02. The number of rotatable bonds is 7. The average Bonchev–Trinajstić information content (AvgIpc) is 2.94. The van der Waals surface area contributed by atoms with Crippen LogP contribution in [0.3, 0.4) is 0 Å². The number of ether oxygens (including phenoxy) is 2. The minimum absolute atomic E-state index is 0.0975. The van der Waals surface area contributed by atoms with Crippen molar-refractivity contribution in [2.24, 2.45) is 0 Å². The first kappa shape index (κ1) is 21.6. The van der Waals surface area contributed by atoms with Crippen LogP contribution >= 0.6 is 34.4 Å². The maximum atomic E-state index is 13.9. The van der Waals surface area contributed by atoms with Gasteiger partial charge in [0.15, 0.2) is 11.5 Å². The highest BCUT2D eigenvalue weighted by molar-refractivity contribution is 14.1. The highest BCUT2D eigenvalue weighted by Crippen LogP contribution is 2.38. The molecule has 0 aromatic heterocycles. The molecule has 1 aliphatic rings. The van der Waals surface area contributed by atoms with Gasteiger partial charge in [0, 0.05) is 5.56 Å². The molecule has 0 atom stereocenters. The van der Waals surface area contributed by atoms with Crippen LogP contribution in [0.1, 0.15) is 25.0 Å². The maximum absolute atomic E-state index is 13.9. The lowest BCUT2D eigenvalue weighted by atomic mass is 10.1. The van der Waals surface area contributed by atoms with Crippen LogP contribution in [0.15, 0.2) is 41.3 Å². The molecule has 152 valence electrons. The van der Waals surface area contributed by atoms with E-state index in [1.54, 1.807) is 30.3 Å². The Kier molecular flexibility index (Phi) is 7.18. The van der Waals surface area contributed by atoms with E-state index in [-0.39, 0.29) is 11.4 Å². The predicted octanol–water partition coefficient (Wildman–Crippen LogP) is 5.46. The monoisotopic (exact) mass is 527 g/mol. The normalized spacial score (nSPS) is 15.3. The van der Waals surface area contributed by atoms with Gasteiger partial charge in [-0.3, -0.25) is 14.5 Å². The summed E-state index contributed by atoms with van der Waals surface area (Å²) in [4.78, 5) is 26.4. The number of carbonyl (C=O) groups excluding carboxylic acids is 2. The molecule has 1 fully saturated rings. The van der Waals surface area contributed by atoms with E-state index >= 15 is 0 Å². The summed E-state index contributed by atoms with van der Waals surface area (Å²) in [6.07, 6.45) is 1.65. The molecule has 0 aliphatic carbocycles. The number of amides is 2. The van der Waals surface area contributed by atoms with Crippen LogP contribution < -0.4 is 9.47 Å². The molecule has 3 rings (SSSR count). The summed E-state index contributed by atoms with van der Waals surface area (Å²) >= 11 is 2.99. The van der Waals surface area contributed by atoms with Crippen molar-refractivity contribution in [2.75, 3.05) is 13.2 Å². The first-order valence-electron chi connectivity index (χ1n) is 9.02. The first-order chi connectivity index (χ1) is 13.9. The molecule has 5 nitrogen and oxygen atoms in total. The minimum atomic E-state index is -0.446. The second kappa shape index (κ2) is 9.62. The smallest absolute Gasteiger partial charge is 0.293 e. The summed E-state index contributed by atoms with van der Waals surface area (Å²) in [7, 11) is 0. The van der Waals surface area contributed by atoms with Crippen molar-refractivity contribution in [3.8, 4) is 11.5 Å². The fraction of sp³-hybridized carbons (Fsp3) is 0.238. The first-order valence-corrected chi connectivity index (χ1v) is 10.9. The quantitative estimate of drug-likeness (QED) is 0.354. The summed E-state index contributed by atoms with van der Waals surface area (Å²) in [6.45, 7) is 4.65. The maximum Gasteiger partial charge on any atom is 0.293 e. The van der Waals surface area contributed by atoms with Crippen molar-refractivity contribution in [1.29, 1.82) is 0 Å². The molecule has 2 aromatic carbocycles. The standard InChI is InChI=1S/C21H19FINO4S/c1-3-27-17-10-13(9-16(23)19(17)28-4-2)11-18-20(25)24(21(26)29-18)12-14-7-5-6-8-15(14)22/h5-11H,3-4,12H2,1-2H3/b18-11-. The summed E-state index contributed by atoms with van der Waals surface area (Å²) < 4.78 is 26.1. The second-order valence-electron chi connectivity index (χ2n) is 6.06. The second-order valence-corrected chi connectivity index (χ2v) is 8.21. The Morgan fingerprint density at radius 3 is 2.55 bits per heavy atom. The number of benzene rings is 2. The molecule has 1 aliphatic heterocycles. The number of imide groups is 1. The molecule has 0 saturated carbocycles. The zero-order valence-corrected chi connectivity index (χ0v) is 18.9. The van der Waals surface area contributed by atoms with Crippen LogP contribution in [0.25, 0.3) is 6.08 Å². The molecular formula is C21H19FINO4S. The highest BCUT2D eigenvalue weighted by atomic mass is 127. The fourth-order valence-corrected chi connectivity index (χ4v) is 4.42. The van der Waals surface area contributed by atoms with Gasteiger partial charge in [-0.05, 0) is 78.0 Å². The Hall–Kier alpha value is -2.07. The van der Waals surface area contributed by atoms with E-state index in [0.29, 0.717) is 30.3 Å². The van der Waals surface area contributed by atoms with Gasteiger partial charge >= 0.3 is 0 Å². The third-order valence-electron chi connectivity index (χ3n) is 4.08. The van der Waals surface area contributed by atoms with E-state index < -0.39 is 17.0 Å². The van der Waals surface area contributed by atoms with Gasteiger partial charge in [0.2, 0.25) is 0 Å². The van der Waals surface area contributed by atoms with Crippen molar-refractivity contribution in [3.63, 3.8) is 0 Å². The molecular weight excluding hydrogens is 508 g/mol. The molecule has 2 aromatic rings. The summed E-state index contributed by atoms with van der Waals surface area (Å²) in [6, 6.07) is 9.74. The van der Waals surface area contributed by atoms with Crippen molar-refractivity contribution >= 4 is 51.6 Å². The van der Waals surface area contributed by atoms with Gasteiger partial charge in [-0.1, -0.05) is 18.2 Å². The van der Waals surface area contributed by atoms with Crippen LogP contribution in [0.2, 0.25) is 0 Å². The van der Waals surface area contributed by atoms with Gasteiger partial charge in [0.05, 0.1) is 28.2 Å². The number of hydrogen-bond donors (Lipinski definition) is 0. The summed E-state index contributed by atoms with van der Waals surface area (Å²) in [5, 5.41) is -0.421. The lowest BCUT2D eigenvalue weighted by Gasteiger charge is -2.14. The van der Waals surface area contributed by atoms with E-state index in [2.05, 4.69) is 22.6 Å². The number of halogens is 2. The highest BCUT2D eigenvalue weighted by Gasteiger charge is 2.35. The van der Waals surface area contributed by atoms with Crippen molar-refractivity contribution in [2.45, 2.75) is 20.4 Å². The van der Waals surface area contributed by atoms with Gasteiger partial charge < -0.3 is 9.47 Å². The number of nitrogens with zero attached hydrogens (tertiary/aromatic N) is 1. The van der Waals surface area contributed by atoms with E-state index in [1.807, 2.05) is 19.9 Å². The number of hydrogen-bond acceptors (Lipinski definition) is 5. The molecule has 29 heavy (non-hydrogen) atoms.